The van der Waals surface area contributed by atoms with Crippen LogP contribution in [0, 0.1) is 0 Å². The summed E-state index contributed by atoms with van der Waals surface area (Å²) < 4.78 is 5.63. The molecule has 6 heteroatoms. The van der Waals surface area contributed by atoms with Gasteiger partial charge in [-0.15, -0.1) is 10.2 Å². The van der Waals surface area contributed by atoms with E-state index in [1.54, 1.807) is 6.20 Å². The average Bonchev–Trinajstić information content (AvgIpc) is 2.96. The summed E-state index contributed by atoms with van der Waals surface area (Å²) in [6.07, 6.45) is 2.51. The molecule has 2 aromatic heterocycles. The number of pyridine rings is 1. The minimum atomic E-state index is 0.496. The SMILES string of the molecule is c1ccc(-c2nnc(CCN3CCNCC3)o2)nc1. The Balaban J connectivity index is 1.59. The van der Waals surface area contributed by atoms with Gasteiger partial charge in [-0.05, 0) is 12.1 Å². The van der Waals surface area contributed by atoms with E-state index in [0.29, 0.717) is 11.8 Å². The van der Waals surface area contributed by atoms with Crippen LogP contribution in [0.1, 0.15) is 5.89 Å². The molecular weight excluding hydrogens is 242 g/mol. The Morgan fingerprint density at radius 1 is 1.21 bits per heavy atom. The van der Waals surface area contributed by atoms with Gasteiger partial charge < -0.3 is 14.6 Å². The molecule has 1 aliphatic rings. The lowest BCUT2D eigenvalue weighted by Crippen LogP contribution is -2.44. The Labute approximate surface area is 111 Å². The zero-order valence-corrected chi connectivity index (χ0v) is 10.7. The van der Waals surface area contributed by atoms with Crippen molar-refractivity contribution < 1.29 is 4.42 Å². The van der Waals surface area contributed by atoms with Crippen LogP contribution >= 0.6 is 0 Å². The van der Waals surface area contributed by atoms with Gasteiger partial charge in [-0.3, -0.25) is 4.98 Å². The summed E-state index contributed by atoms with van der Waals surface area (Å²) in [4.78, 5) is 6.60. The molecule has 3 rings (SSSR count). The molecule has 1 aliphatic heterocycles. The van der Waals surface area contributed by atoms with Crippen molar-refractivity contribution in [3.63, 3.8) is 0 Å². The lowest BCUT2D eigenvalue weighted by molar-refractivity contribution is 0.238. The van der Waals surface area contributed by atoms with E-state index in [1.807, 2.05) is 18.2 Å². The molecule has 1 N–H and O–H groups in total. The topological polar surface area (TPSA) is 67.1 Å². The fourth-order valence-corrected chi connectivity index (χ4v) is 2.14. The van der Waals surface area contributed by atoms with Crippen molar-refractivity contribution in [1.29, 1.82) is 0 Å². The fourth-order valence-electron chi connectivity index (χ4n) is 2.14. The Hall–Kier alpha value is -1.79. The molecule has 19 heavy (non-hydrogen) atoms. The molecule has 6 nitrogen and oxygen atoms in total. The van der Waals surface area contributed by atoms with E-state index < -0.39 is 0 Å². The van der Waals surface area contributed by atoms with Gasteiger partial charge in [0, 0.05) is 45.3 Å². The highest BCUT2D eigenvalue weighted by Crippen LogP contribution is 2.14. The third-order valence-corrected chi connectivity index (χ3v) is 3.20. The normalized spacial score (nSPS) is 16.6. The van der Waals surface area contributed by atoms with Gasteiger partial charge >= 0.3 is 0 Å². The minimum Gasteiger partial charge on any atom is -0.419 e. The summed E-state index contributed by atoms with van der Waals surface area (Å²) in [5, 5.41) is 11.5. The van der Waals surface area contributed by atoms with Crippen LogP contribution in [-0.2, 0) is 6.42 Å². The monoisotopic (exact) mass is 259 g/mol. The summed E-state index contributed by atoms with van der Waals surface area (Å²) in [7, 11) is 0. The van der Waals surface area contributed by atoms with E-state index in [9.17, 15) is 0 Å². The van der Waals surface area contributed by atoms with Crippen molar-refractivity contribution >= 4 is 0 Å². The van der Waals surface area contributed by atoms with E-state index in [4.69, 9.17) is 4.42 Å². The quantitative estimate of drug-likeness (QED) is 0.866. The Bertz CT molecular complexity index is 507. The van der Waals surface area contributed by atoms with Crippen molar-refractivity contribution in [1.82, 2.24) is 25.4 Å². The molecular formula is C13H17N5O. The molecule has 0 atom stereocenters. The van der Waals surface area contributed by atoms with Crippen LogP contribution in [0.5, 0.6) is 0 Å². The van der Waals surface area contributed by atoms with Crippen LogP contribution < -0.4 is 5.32 Å². The van der Waals surface area contributed by atoms with Crippen molar-refractivity contribution in [3.05, 3.63) is 30.3 Å². The van der Waals surface area contributed by atoms with Crippen molar-refractivity contribution in [2.24, 2.45) is 0 Å². The smallest absolute Gasteiger partial charge is 0.266 e. The first-order valence-electron chi connectivity index (χ1n) is 6.59. The highest BCUT2D eigenvalue weighted by molar-refractivity contribution is 5.44. The summed E-state index contributed by atoms with van der Waals surface area (Å²) in [5.74, 6) is 1.18. The molecule has 100 valence electrons. The number of nitrogens with zero attached hydrogens (tertiary/aromatic N) is 4. The predicted octanol–water partition coefficient (Wildman–Crippen LogP) is 0.579. The summed E-state index contributed by atoms with van der Waals surface area (Å²) in [6, 6.07) is 5.64. The van der Waals surface area contributed by atoms with Gasteiger partial charge in [0.25, 0.3) is 5.89 Å². The largest absolute Gasteiger partial charge is 0.419 e. The predicted molar refractivity (Wildman–Crippen MR) is 70.5 cm³/mol. The maximum absolute atomic E-state index is 5.63. The minimum absolute atomic E-state index is 0.496. The highest BCUT2D eigenvalue weighted by Gasteiger charge is 2.13. The van der Waals surface area contributed by atoms with E-state index in [-0.39, 0.29) is 0 Å². The Morgan fingerprint density at radius 2 is 2.11 bits per heavy atom. The molecule has 0 aliphatic carbocycles. The van der Waals surface area contributed by atoms with Gasteiger partial charge in [-0.25, -0.2) is 0 Å². The Morgan fingerprint density at radius 3 is 2.89 bits per heavy atom. The van der Waals surface area contributed by atoms with Gasteiger partial charge in [-0.1, -0.05) is 6.07 Å². The van der Waals surface area contributed by atoms with E-state index in [2.05, 4.69) is 25.4 Å². The second-order valence-electron chi connectivity index (χ2n) is 4.56. The van der Waals surface area contributed by atoms with Crippen LogP contribution in [0.3, 0.4) is 0 Å². The number of nitrogens with one attached hydrogen (secondary N) is 1. The van der Waals surface area contributed by atoms with Crippen molar-refractivity contribution in [2.45, 2.75) is 6.42 Å². The second kappa shape index (κ2) is 5.90. The van der Waals surface area contributed by atoms with Gasteiger partial charge in [0.2, 0.25) is 5.89 Å². The zero-order chi connectivity index (χ0) is 12.9. The molecule has 0 amide bonds. The first kappa shape index (κ1) is 12.3. The summed E-state index contributed by atoms with van der Waals surface area (Å²) >= 11 is 0. The molecule has 2 aromatic rings. The number of rotatable bonds is 4. The molecule has 0 bridgehead atoms. The molecule has 3 heterocycles. The van der Waals surface area contributed by atoms with E-state index in [0.717, 1.165) is 44.8 Å². The van der Waals surface area contributed by atoms with Crippen LogP contribution in [0.2, 0.25) is 0 Å². The molecule has 1 saturated heterocycles. The lowest BCUT2D eigenvalue weighted by Gasteiger charge is -2.26. The number of piperazine rings is 1. The molecule has 0 unspecified atom stereocenters. The van der Waals surface area contributed by atoms with Crippen molar-refractivity contribution in [3.8, 4) is 11.6 Å². The Kier molecular flexibility index (Phi) is 3.81. The van der Waals surface area contributed by atoms with E-state index >= 15 is 0 Å². The third-order valence-electron chi connectivity index (χ3n) is 3.20. The summed E-state index contributed by atoms with van der Waals surface area (Å²) in [6.45, 7) is 5.25. The molecule has 0 saturated carbocycles. The maximum atomic E-state index is 5.63. The van der Waals surface area contributed by atoms with Crippen LogP contribution in [0.4, 0.5) is 0 Å². The van der Waals surface area contributed by atoms with Crippen LogP contribution in [-0.4, -0.2) is 52.8 Å². The zero-order valence-electron chi connectivity index (χ0n) is 10.7. The second-order valence-corrected chi connectivity index (χ2v) is 4.56. The fraction of sp³-hybridized carbons (Fsp3) is 0.462. The van der Waals surface area contributed by atoms with Crippen LogP contribution in [0.15, 0.2) is 28.8 Å². The van der Waals surface area contributed by atoms with Crippen molar-refractivity contribution in [2.75, 3.05) is 32.7 Å². The first-order chi connectivity index (χ1) is 9.42. The molecule has 0 radical (unpaired) electrons. The lowest BCUT2D eigenvalue weighted by atomic mass is 10.3. The average molecular weight is 259 g/mol. The van der Waals surface area contributed by atoms with E-state index in [1.165, 1.54) is 0 Å². The molecule has 1 fully saturated rings. The van der Waals surface area contributed by atoms with Gasteiger partial charge in [0.15, 0.2) is 0 Å². The van der Waals surface area contributed by atoms with Gasteiger partial charge in [-0.2, -0.15) is 0 Å². The first-order valence-corrected chi connectivity index (χ1v) is 6.59. The van der Waals surface area contributed by atoms with Gasteiger partial charge in [0.05, 0.1) is 0 Å². The third kappa shape index (κ3) is 3.15. The summed E-state index contributed by atoms with van der Waals surface area (Å²) in [5.41, 5.74) is 0.725. The maximum Gasteiger partial charge on any atom is 0.266 e. The molecule has 0 aromatic carbocycles. The van der Waals surface area contributed by atoms with Crippen LogP contribution in [0.25, 0.3) is 11.6 Å². The highest BCUT2D eigenvalue weighted by atomic mass is 16.4. The number of hydrogen-bond acceptors (Lipinski definition) is 6. The van der Waals surface area contributed by atoms with Gasteiger partial charge in [0.1, 0.15) is 5.69 Å². The number of hydrogen-bond donors (Lipinski definition) is 1. The molecule has 0 spiro atoms. The standard InChI is InChI=1S/C13H17N5O/c1-2-5-15-11(3-1)13-17-16-12(19-13)4-8-18-9-6-14-7-10-18/h1-3,5,14H,4,6-10H2. The number of aromatic nitrogens is 3.